The van der Waals surface area contributed by atoms with Gasteiger partial charge in [-0.2, -0.15) is 0 Å². The minimum Gasteiger partial charge on any atom is -0.330 e. The number of anilines is 1. The second kappa shape index (κ2) is 5.57. The van der Waals surface area contributed by atoms with E-state index in [0.717, 1.165) is 31.4 Å². The summed E-state index contributed by atoms with van der Waals surface area (Å²) >= 11 is 0. The molecule has 3 heteroatoms. The van der Waals surface area contributed by atoms with Gasteiger partial charge in [0, 0.05) is 12.1 Å². The summed E-state index contributed by atoms with van der Waals surface area (Å²) in [7, 11) is 0. The molecule has 2 aliphatic carbocycles. The number of aryl methyl sites for hydroxylation is 1. The van der Waals surface area contributed by atoms with Crippen molar-refractivity contribution in [2.75, 3.05) is 11.9 Å². The third-order valence-corrected chi connectivity index (χ3v) is 5.05. The van der Waals surface area contributed by atoms with Gasteiger partial charge in [-0.15, -0.1) is 0 Å². The van der Waals surface area contributed by atoms with Crippen molar-refractivity contribution in [3.05, 3.63) is 29.3 Å². The fraction of sp³-hybridized carbons (Fsp3) is 0.588. The van der Waals surface area contributed by atoms with Gasteiger partial charge in [-0.25, -0.2) is 0 Å². The Labute approximate surface area is 120 Å². The van der Waals surface area contributed by atoms with Gasteiger partial charge in [0.2, 0.25) is 5.91 Å². The molecule has 0 saturated heterocycles. The Morgan fingerprint density at radius 2 is 2.00 bits per heavy atom. The highest BCUT2D eigenvalue weighted by Crippen LogP contribution is 2.43. The number of hydrogen-bond acceptors (Lipinski definition) is 2. The molecule has 1 amide bonds. The molecule has 108 valence electrons. The lowest BCUT2D eigenvalue weighted by atomic mass is 9.66. The van der Waals surface area contributed by atoms with Crippen LogP contribution in [0.5, 0.6) is 0 Å². The highest BCUT2D eigenvalue weighted by atomic mass is 16.1. The smallest absolute Gasteiger partial charge is 0.224 e. The monoisotopic (exact) mass is 272 g/mol. The summed E-state index contributed by atoms with van der Waals surface area (Å²) in [6.45, 7) is 0.632. The molecule has 1 aromatic carbocycles. The Morgan fingerprint density at radius 1 is 1.20 bits per heavy atom. The molecule has 3 nitrogen and oxygen atoms in total. The van der Waals surface area contributed by atoms with Crippen LogP contribution in [0.15, 0.2) is 18.2 Å². The van der Waals surface area contributed by atoms with Gasteiger partial charge in [-0.1, -0.05) is 18.6 Å². The minimum atomic E-state index is 0.0823. The average molecular weight is 272 g/mol. The molecule has 0 atom stereocenters. The minimum absolute atomic E-state index is 0.0823. The molecule has 0 heterocycles. The van der Waals surface area contributed by atoms with Crippen molar-refractivity contribution in [3.8, 4) is 0 Å². The van der Waals surface area contributed by atoms with Crippen molar-refractivity contribution in [2.45, 2.75) is 51.4 Å². The van der Waals surface area contributed by atoms with Crippen molar-refractivity contribution in [3.63, 3.8) is 0 Å². The maximum absolute atomic E-state index is 12.3. The topological polar surface area (TPSA) is 55.1 Å². The molecule has 20 heavy (non-hydrogen) atoms. The van der Waals surface area contributed by atoms with E-state index in [1.807, 2.05) is 6.07 Å². The molecule has 3 N–H and O–H groups in total. The lowest BCUT2D eigenvalue weighted by Crippen LogP contribution is -2.40. The molecule has 3 rings (SSSR count). The van der Waals surface area contributed by atoms with E-state index in [2.05, 4.69) is 17.4 Å². The number of carbonyl (C=O) groups excluding carboxylic acids is 1. The molecule has 0 radical (unpaired) electrons. The number of carbonyl (C=O) groups is 1. The number of nitrogens with one attached hydrogen (secondary N) is 1. The molecular weight excluding hydrogens is 248 g/mol. The third-order valence-electron chi connectivity index (χ3n) is 5.05. The quantitative estimate of drug-likeness (QED) is 0.885. The summed E-state index contributed by atoms with van der Waals surface area (Å²) in [5.41, 5.74) is 9.71. The zero-order valence-electron chi connectivity index (χ0n) is 12.1. The highest BCUT2D eigenvalue weighted by Gasteiger charge is 2.37. The summed E-state index contributed by atoms with van der Waals surface area (Å²) in [4.78, 5) is 12.3. The molecule has 0 spiro atoms. The zero-order chi connectivity index (χ0) is 14.0. The second-order valence-electron chi connectivity index (χ2n) is 6.43. The Kier molecular flexibility index (Phi) is 3.79. The van der Waals surface area contributed by atoms with Crippen molar-refractivity contribution in [2.24, 2.45) is 11.1 Å². The first kappa shape index (κ1) is 13.6. The van der Waals surface area contributed by atoms with Crippen LogP contribution in [0, 0.1) is 5.41 Å². The van der Waals surface area contributed by atoms with E-state index in [-0.39, 0.29) is 11.3 Å². The standard InChI is InChI=1S/C17H24N2O/c18-12-17(9-4-10-17)11-16(20)19-15-8-3-6-13-5-1-2-7-14(13)15/h3,6,8H,1-2,4-5,7,9-12,18H2,(H,19,20). The van der Waals surface area contributed by atoms with E-state index in [1.165, 1.54) is 30.4 Å². The first-order valence-electron chi connectivity index (χ1n) is 7.83. The lowest BCUT2D eigenvalue weighted by molar-refractivity contribution is -0.119. The Balaban J connectivity index is 1.70. The normalized spacial score (nSPS) is 19.9. The van der Waals surface area contributed by atoms with Crippen molar-refractivity contribution in [1.29, 1.82) is 0 Å². The van der Waals surface area contributed by atoms with Crippen LogP contribution in [-0.4, -0.2) is 12.5 Å². The summed E-state index contributed by atoms with van der Waals surface area (Å²) in [6.07, 6.45) is 8.72. The van der Waals surface area contributed by atoms with E-state index < -0.39 is 0 Å². The van der Waals surface area contributed by atoms with Gasteiger partial charge in [0.15, 0.2) is 0 Å². The van der Waals surface area contributed by atoms with Crippen LogP contribution in [0.2, 0.25) is 0 Å². The van der Waals surface area contributed by atoms with Gasteiger partial charge in [-0.3, -0.25) is 4.79 Å². The van der Waals surface area contributed by atoms with Gasteiger partial charge in [0.25, 0.3) is 0 Å². The second-order valence-corrected chi connectivity index (χ2v) is 6.43. The van der Waals surface area contributed by atoms with Crippen molar-refractivity contribution < 1.29 is 4.79 Å². The van der Waals surface area contributed by atoms with E-state index >= 15 is 0 Å². The highest BCUT2D eigenvalue weighted by molar-refractivity contribution is 5.92. The van der Waals surface area contributed by atoms with Crippen LogP contribution in [0.4, 0.5) is 5.69 Å². The number of benzene rings is 1. The lowest BCUT2D eigenvalue weighted by Gasteiger charge is -2.40. The fourth-order valence-electron chi connectivity index (χ4n) is 3.56. The molecular formula is C17H24N2O. The van der Waals surface area contributed by atoms with Gasteiger partial charge >= 0.3 is 0 Å². The van der Waals surface area contributed by atoms with Crippen LogP contribution in [-0.2, 0) is 17.6 Å². The molecule has 2 aliphatic rings. The SMILES string of the molecule is NCC1(CC(=O)Nc2cccc3c2CCCC3)CCC1. The third kappa shape index (κ3) is 2.59. The number of amides is 1. The van der Waals surface area contributed by atoms with Gasteiger partial charge in [0.05, 0.1) is 0 Å². The first-order valence-corrected chi connectivity index (χ1v) is 7.83. The summed E-state index contributed by atoms with van der Waals surface area (Å²) in [6, 6.07) is 6.29. The zero-order valence-corrected chi connectivity index (χ0v) is 12.1. The molecule has 0 aromatic heterocycles. The number of fused-ring (bicyclic) bond motifs is 1. The van der Waals surface area contributed by atoms with Crippen LogP contribution < -0.4 is 11.1 Å². The first-order chi connectivity index (χ1) is 9.72. The Morgan fingerprint density at radius 3 is 2.70 bits per heavy atom. The predicted octanol–water partition coefficient (Wildman–Crippen LogP) is 3.02. The van der Waals surface area contributed by atoms with E-state index in [0.29, 0.717) is 13.0 Å². The summed E-state index contributed by atoms with van der Waals surface area (Å²) in [5, 5.41) is 3.13. The maximum Gasteiger partial charge on any atom is 0.224 e. The van der Waals surface area contributed by atoms with Gasteiger partial charge < -0.3 is 11.1 Å². The number of rotatable bonds is 4. The predicted molar refractivity (Wildman–Crippen MR) is 81.7 cm³/mol. The fourth-order valence-corrected chi connectivity index (χ4v) is 3.56. The molecule has 0 bridgehead atoms. The van der Waals surface area contributed by atoms with E-state index in [9.17, 15) is 4.79 Å². The molecule has 1 aromatic rings. The molecule has 1 saturated carbocycles. The van der Waals surface area contributed by atoms with Crippen LogP contribution in [0.25, 0.3) is 0 Å². The Hall–Kier alpha value is -1.35. The van der Waals surface area contributed by atoms with Gasteiger partial charge in [-0.05, 0) is 67.7 Å². The summed E-state index contributed by atoms with van der Waals surface area (Å²) < 4.78 is 0. The average Bonchev–Trinajstić information content (AvgIpc) is 2.43. The van der Waals surface area contributed by atoms with Crippen LogP contribution in [0.3, 0.4) is 0 Å². The number of hydrogen-bond donors (Lipinski definition) is 2. The van der Waals surface area contributed by atoms with E-state index in [4.69, 9.17) is 5.73 Å². The van der Waals surface area contributed by atoms with Gasteiger partial charge in [0.1, 0.15) is 0 Å². The molecule has 0 unspecified atom stereocenters. The molecule has 1 fully saturated rings. The Bertz CT molecular complexity index is 500. The van der Waals surface area contributed by atoms with Crippen LogP contribution >= 0.6 is 0 Å². The maximum atomic E-state index is 12.3. The molecule has 0 aliphatic heterocycles. The van der Waals surface area contributed by atoms with Crippen molar-refractivity contribution >= 4 is 11.6 Å². The van der Waals surface area contributed by atoms with Crippen LogP contribution in [0.1, 0.15) is 49.7 Å². The number of nitrogens with two attached hydrogens (primary N) is 1. The largest absolute Gasteiger partial charge is 0.330 e. The van der Waals surface area contributed by atoms with E-state index in [1.54, 1.807) is 0 Å². The summed E-state index contributed by atoms with van der Waals surface area (Å²) in [5.74, 6) is 0.133. The van der Waals surface area contributed by atoms with Crippen molar-refractivity contribution in [1.82, 2.24) is 0 Å².